The molecule has 1 heterocycles. The van der Waals surface area contributed by atoms with Crippen molar-refractivity contribution in [2.75, 3.05) is 10.8 Å². The standard InChI is InChI=1S/C23H17ClF3NO3S/c24-17-4-1-5-19(27)23(17)21(29)12-14-6-7-15-3-2-10-28(20(15)11-14)32(30,31)22-13-16(25)8-9-18(22)26/h1,4-9,11,13H,2-3,10,12H2. The molecule has 166 valence electrons. The number of nitrogens with zero attached hydrogens (tertiary/aromatic N) is 1. The van der Waals surface area contributed by atoms with Gasteiger partial charge in [-0.2, -0.15) is 0 Å². The predicted molar refractivity (Wildman–Crippen MR) is 115 cm³/mol. The summed E-state index contributed by atoms with van der Waals surface area (Å²) in [5.74, 6) is -3.23. The molecule has 4 rings (SSSR count). The van der Waals surface area contributed by atoms with Gasteiger partial charge in [0.1, 0.15) is 22.3 Å². The fourth-order valence-electron chi connectivity index (χ4n) is 3.78. The molecule has 0 N–H and O–H groups in total. The summed E-state index contributed by atoms with van der Waals surface area (Å²) in [6.45, 7) is 0.0713. The number of sulfonamides is 1. The molecule has 3 aromatic rings. The van der Waals surface area contributed by atoms with Gasteiger partial charge < -0.3 is 0 Å². The monoisotopic (exact) mass is 479 g/mol. The number of hydrogen-bond donors (Lipinski definition) is 0. The van der Waals surface area contributed by atoms with Crippen LogP contribution in [-0.4, -0.2) is 20.7 Å². The van der Waals surface area contributed by atoms with E-state index in [9.17, 15) is 26.4 Å². The number of benzene rings is 3. The number of carbonyl (C=O) groups is 1. The lowest BCUT2D eigenvalue weighted by Crippen LogP contribution is -2.36. The van der Waals surface area contributed by atoms with Crippen molar-refractivity contribution in [2.24, 2.45) is 0 Å². The molecule has 32 heavy (non-hydrogen) atoms. The summed E-state index contributed by atoms with van der Waals surface area (Å²) in [5, 5.41) is -0.0151. The summed E-state index contributed by atoms with van der Waals surface area (Å²) in [4.78, 5) is 11.9. The Morgan fingerprint density at radius 1 is 1.00 bits per heavy atom. The lowest BCUT2D eigenvalue weighted by molar-refractivity contribution is 0.0989. The molecule has 4 nitrogen and oxygen atoms in total. The van der Waals surface area contributed by atoms with Crippen LogP contribution in [0.25, 0.3) is 0 Å². The second kappa shape index (κ2) is 8.60. The highest BCUT2D eigenvalue weighted by atomic mass is 35.5. The third-order valence-corrected chi connectivity index (χ3v) is 7.44. The average molecular weight is 480 g/mol. The van der Waals surface area contributed by atoms with Crippen molar-refractivity contribution in [2.45, 2.75) is 24.2 Å². The third-order valence-electron chi connectivity index (χ3n) is 5.29. The normalized spacial score (nSPS) is 13.7. The van der Waals surface area contributed by atoms with Crippen molar-refractivity contribution in [1.82, 2.24) is 0 Å². The Morgan fingerprint density at radius 3 is 2.53 bits per heavy atom. The smallest absolute Gasteiger partial charge is 0.267 e. The maximum Gasteiger partial charge on any atom is 0.267 e. The summed E-state index contributed by atoms with van der Waals surface area (Å²) in [6.07, 6.45) is 0.864. The van der Waals surface area contributed by atoms with Crippen LogP contribution < -0.4 is 4.31 Å². The summed E-state index contributed by atoms with van der Waals surface area (Å²) in [5.41, 5.74) is 1.18. The van der Waals surface area contributed by atoms with E-state index < -0.39 is 38.2 Å². The largest absolute Gasteiger partial charge is 0.294 e. The van der Waals surface area contributed by atoms with Gasteiger partial charge in [0.2, 0.25) is 0 Å². The van der Waals surface area contributed by atoms with Crippen molar-refractivity contribution >= 4 is 33.1 Å². The Kier molecular flexibility index (Phi) is 6.01. The Balaban J connectivity index is 1.71. The van der Waals surface area contributed by atoms with E-state index in [4.69, 9.17) is 11.6 Å². The summed E-state index contributed by atoms with van der Waals surface area (Å²) in [6, 6.07) is 11.0. The molecule has 0 saturated heterocycles. The van der Waals surface area contributed by atoms with Gasteiger partial charge in [-0.25, -0.2) is 21.6 Å². The second-order valence-corrected chi connectivity index (χ2v) is 9.65. The average Bonchev–Trinajstić information content (AvgIpc) is 2.74. The molecule has 0 unspecified atom stereocenters. The molecule has 0 spiro atoms. The number of halogens is 4. The van der Waals surface area contributed by atoms with Crippen LogP contribution in [0.5, 0.6) is 0 Å². The van der Waals surface area contributed by atoms with E-state index in [1.807, 2.05) is 0 Å². The molecular weight excluding hydrogens is 463 g/mol. The van der Waals surface area contributed by atoms with Crippen LogP contribution in [0.1, 0.15) is 27.9 Å². The van der Waals surface area contributed by atoms with Crippen molar-refractivity contribution in [3.05, 3.63) is 93.8 Å². The maximum atomic E-state index is 14.2. The zero-order valence-corrected chi connectivity index (χ0v) is 18.2. The van der Waals surface area contributed by atoms with Gasteiger partial charge >= 0.3 is 0 Å². The SMILES string of the molecule is O=C(Cc1ccc2c(c1)N(S(=O)(=O)c1cc(F)ccc1F)CCC2)c1c(F)cccc1Cl. The quantitative estimate of drug-likeness (QED) is 0.465. The van der Waals surface area contributed by atoms with Crippen molar-refractivity contribution in [3.63, 3.8) is 0 Å². The number of hydrogen-bond acceptors (Lipinski definition) is 3. The van der Waals surface area contributed by atoms with E-state index in [0.29, 0.717) is 30.0 Å². The lowest BCUT2D eigenvalue weighted by atomic mass is 9.97. The van der Waals surface area contributed by atoms with E-state index in [2.05, 4.69) is 0 Å². The number of carbonyl (C=O) groups excluding carboxylic acids is 1. The Labute approximate surface area is 188 Å². The Hall–Kier alpha value is -2.84. The van der Waals surface area contributed by atoms with Crippen molar-refractivity contribution in [1.29, 1.82) is 0 Å². The number of Topliss-reactive ketones (excluding diaryl/α,β-unsaturated/α-hetero) is 1. The highest BCUT2D eigenvalue weighted by Gasteiger charge is 2.32. The van der Waals surface area contributed by atoms with Crippen molar-refractivity contribution in [3.8, 4) is 0 Å². The second-order valence-electron chi connectivity index (χ2n) is 7.42. The number of ketones is 1. The van der Waals surface area contributed by atoms with E-state index in [1.54, 1.807) is 12.1 Å². The Morgan fingerprint density at radius 2 is 1.78 bits per heavy atom. The molecule has 9 heteroatoms. The molecule has 0 amide bonds. The third kappa shape index (κ3) is 4.12. The molecule has 0 aliphatic carbocycles. The number of aryl methyl sites for hydroxylation is 1. The van der Waals surface area contributed by atoms with Gasteiger partial charge in [0.15, 0.2) is 5.78 Å². The Bertz CT molecular complexity index is 1310. The molecule has 0 aromatic heterocycles. The lowest BCUT2D eigenvalue weighted by Gasteiger charge is -2.31. The highest BCUT2D eigenvalue weighted by molar-refractivity contribution is 7.92. The van der Waals surface area contributed by atoms with Crippen LogP contribution in [0.2, 0.25) is 5.02 Å². The number of anilines is 1. The van der Waals surface area contributed by atoms with E-state index in [-0.39, 0.29) is 29.2 Å². The molecule has 1 aliphatic heterocycles. The topological polar surface area (TPSA) is 54.5 Å². The van der Waals surface area contributed by atoms with Gasteiger partial charge in [-0.05, 0) is 60.4 Å². The molecule has 0 bridgehead atoms. The molecule has 3 aromatic carbocycles. The van der Waals surface area contributed by atoms with Gasteiger partial charge in [0, 0.05) is 13.0 Å². The first-order valence-electron chi connectivity index (χ1n) is 9.75. The number of fused-ring (bicyclic) bond motifs is 1. The minimum Gasteiger partial charge on any atom is -0.294 e. The van der Waals surface area contributed by atoms with Crippen LogP contribution in [0, 0.1) is 17.5 Å². The number of rotatable bonds is 5. The van der Waals surface area contributed by atoms with Crippen LogP contribution in [0.4, 0.5) is 18.9 Å². The molecule has 0 saturated carbocycles. The first kappa shape index (κ1) is 22.4. The van der Waals surface area contributed by atoms with Crippen LogP contribution in [0.3, 0.4) is 0 Å². The van der Waals surface area contributed by atoms with Crippen LogP contribution in [-0.2, 0) is 22.9 Å². The molecule has 0 atom stereocenters. The highest BCUT2D eigenvalue weighted by Crippen LogP contribution is 2.34. The summed E-state index contributed by atoms with van der Waals surface area (Å²) >= 11 is 5.97. The first-order chi connectivity index (χ1) is 15.2. The van der Waals surface area contributed by atoms with E-state index in [0.717, 1.165) is 22.5 Å². The summed E-state index contributed by atoms with van der Waals surface area (Å²) in [7, 11) is -4.39. The van der Waals surface area contributed by atoms with Gasteiger partial charge in [-0.15, -0.1) is 0 Å². The van der Waals surface area contributed by atoms with Crippen LogP contribution >= 0.6 is 11.6 Å². The molecular formula is C23H17ClF3NO3S. The van der Waals surface area contributed by atoms with E-state index >= 15 is 0 Å². The maximum absolute atomic E-state index is 14.2. The summed E-state index contributed by atoms with van der Waals surface area (Å²) < 4.78 is 69.3. The minimum absolute atomic E-state index is 0.0151. The van der Waals surface area contributed by atoms with E-state index in [1.165, 1.54) is 18.2 Å². The predicted octanol–water partition coefficient (Wildman–Crippen LogP) is 5.32. The van der Waals surface area contributed by atoms with Gasteiger partial charge in [0.25, 0.3) is 10.0 Å². The molecule has 0 radical (unpaired) electrons. The van der Waals surface area contributed by atoms with Gasteiger partial charge in [0.05, 0.1) is 16.3 Å². The van der Waals surface area contributed by atoms with Crippen molar-refractivity contribution < 1.29 is 26.4 Å². The molecule has 1 aliphatic rings. The zero-order chi connectivity index (χ0) is 23.0. The zero-order valence-electron chi connectivity index (χ0n) is 16.6. The first-order valence-corrected chi connectivity index (χ1v) is 11.6. The molecule has 0 fully saturated rings. The van der Waals surface area contributed by atoms with Crippen LogP contribution in [0.15, 0.2) is 59.5 Å². The fourth-order valence-corrected chi connectivity index (χ4v) is 5.66. The minimum atomic E-state index is -4.39. The van der Waals surface area contributed by atoms with Gasteiger partial charge in [-0.3, -0.25) is 9.10 Å². The van der Waals surface area contributed by atoms with Gasteiger partial charge in [-0.1, -0.05) is 29.8 Å². The fraction of sp³-hybridized carbons (Fsp3) is 0.174.